The largest absolute Gasteiger partial charge is 0.331 e. The zero-order valence-electron chi connectivity index (χ0n) is 6.44. The minimum absolute atomic E-state index is 0.635. The predicted molar refractivity (Wildman–Crippen MR) is 53.2 cm³/mol. The molecule has 1 heterocycles. The maximum absolute atomic E-state index is 5.93. The van der Waals surface area contributed by atoms with Crippen LogP contribution in [0.3, 0.4) is 0 Å². The number of halogens is 1. The molecule has 1 aromatic carbocycles. The molecule has 2 N–H and O–H groups in total. The topological polar surface area (TPSA) is 31.6 Å². The molecule has 12 heavy (non-hydrogen) atoms. The third kappa shape index (κ3) is 1.06. The second-order valence-corrected chi connectivity index (χ2v) is 3.49. The molecule has 0 aliphatic heterocycles. The number of nitrogens with one attached hydrogen (secondary N) is 2. The van der Waals surface area contributed by atoms with E-state index in [1.165, 1.54) is 0 Å². The monoisotopic (exact) mass is 198 g/mol. The third-order valence-corrected chi connectivity index (χ3v) is 2.50. The highest BCUT2D eigenvalue weighted by atomic mass is 35.5. The number of aromatic amines is 2. The van der Waals surface area contributed by atoms with Crippen LogP contribution in [0.25, 0.3) is 11.0 Å². The Hall–Kier alpha value is -0.800. The molecule has 4 heteroatoms. The minimum atomic E-state index is 0.635. The Morgan fingerprint density at radius 3 is 2.83 bits per heavy atom. The lowest BCUT2D eigenvalue weighted by atomic mass is 10.2. The van der Waals surface area contributed by atoms with Gasteiger partial charge >= 0.3 is 0 Å². The SMILES string of the molecule is Cc1c(Cl)ccc2[nH]c(=S)[nH]c12. The van der Waals surface area contributed by atoms with E-state index < -0.39 is 0 Å². The van der Waals surface area contributed by atoms with Crippen molar-refractivity contribution in [2.45, 2.75) is 6.92 Å². The van der Waals surface area contributed by atoms with Crippen molar-refractivity contribution >= 4 is 34.9 Å². The number of H-pyrrole nitrogens is 2. The summed E-state index contributed by atoms with van der Waals surface area (Å²) in [5, 5.41) is 0.757. The summed E-state index contributed by atoms with van der Waals surface area (Å²) < 4.78 is 0.635. The van der Waals surface area contributed by atoms with Crippen LogP contribution < -0.4 is 0 Å². The van der Waals surface area contributed by atoms with E-state index in [9.17, 15) is 0 Å². The van der Waals surface area contributed by atoms with E-state index in [2.05, 4.69) is 9.97 Å². The Balaban J connectivity index is 2.99. The molecule has 0 radical (unpaired) electrons. The first-order valence-electron chi connectivity index (χ1n) is 3.55. The molecule has 0 atom stereocenters. The van der Waals surface area contributed by atoms with E-state index in [0.717, 1.165) is 21.6 Å². The highest BCUT2D eigenvalue weighted by Crippen LogP contribution is 2.22. The maximum atomic E-state index is 5.93. The van der Waals surface area contributed by atoms with Crippen LogP contribution in [0.4, 0.5) is 0 Å². The number of aryl methyl sites for hydroxylation is 1. The van der Waals surface area contributed by atoms with Crippen LogP contribution in [0.1, 0.15) is 5.56 Å². The van der Waals surface area contributed by atoms with Crippen molar-refractivity contribution in [2.24, 2.45) is 0 Å². The number of imidazole rings is 1. The summed E-state index contributed by atoms with van der Waals surface area (Å²) in [4.78, 5) is 6.07. The summed E-state index contributed by atoms with van der Waals surface area (Å²) in [5.41, 5.74) is 3.02. The Labute approximate surface area is 79.6 Å². The number of aromatic nitrogens is 2. The van der Waals surface area contributed by atoms with Crippen molar-refractivity contribution in [1.29, 1.82) is 0 Å². The average Bonchev–Trinajstić information content (AvgIpc) is 2.39. The molecule has 0 saturated carbocycles. The Morgan fingerprint density at radius 2 is 2.08 bits per heavy atom. The number of rotatable bonds is 0. The Bertz CT molecular complexity index is 483. The van der Waals surface area contributed by atoms with Gasteiger partial charge in [0.25, 0.3) is 0 Å². The smallest absolute Gasteiger partial charge is 0.175 e. The van der Waals surface area contributed by atoms with Gasteiger partial charge < -0.3 is 9.97 Å². The van der Waals surface area contributed by atoms with Crippen molar-refractivity contribution in [3.8, 4) is 0 Å². The van der Waals surface area contributed by atoms with Crippen LogP contribution in [0.5, 0.6) is 0 Å². The molecule has 0 saturated heterocycles. The Kier molecular flexibility index (Phi) is 1.70. The van der Waals surface area contributed by atoms with Crippen LogP contribution in [-0.4, -0.2) is 9.97 Å². The molecule has 0 bridgehead atoms. The lowest BCUT2D eigenvalue weighted by Gasteiger charge is -1.96. The van der Waals surface area contributed by atoms with Gasteiger partial charge in [0, 0.05) is 5.02 Å². The first-order chi connectivity index (χ1) is 5.68. The summed E-state index contributed by atoms with van der Waals surface area (Å²) in [6.07, 6.45) is 0. The molecule has 2 nitrogen and oxygen atoms in total. The lowest BCUT2D eigenvalue weighted by Crippen LogP contribution is -1.77. The maximum Gasteiger partial charge on any atom is 0.175 e. The first-order valence-corrected chi connectivity index (χ1v) is 4.34. The van der Waals surface area contributed by atoms with Crippen molar-refractivity contribution in [3.63, 3.8) is 0 Å². The van der Waals surface area contributed by atoms with Crippen LogP contribution in [0.15, 0.2) is 12.1 Å². The summed E-state index contributed by atoms with van der Waals surface area (Å²) >= 11 is 10.9. The fourth-order valence-corrected chi connectivity index (χ4v) is 1.59. The number of hydrogen-bond acceptors (Lipinski definition) is 1. The lowest BCUT2D eigenvalue weighted by molar-refractivity contribution is 1.29. The molecule has 0 fully saturated rings. The van der Waals surface area contributed by atoms with Crippen molar-refractivity contribution in [3.05, 3.63) is 27.5 Å². The summed E-state index contributed by atoms with van der Waals surface area (Å²) in [5.74, 6) is 0. The highest BCUT2D eigenvalue weighted by Gasteiger charge is 2.02. The van der Waals surface area contributed by atoms with E-state index in [1.807, 2.05) is 19.1 Å². The van der Waals surface area contributed by atoms with Gasteiger partial charge in [0.1, 0.15) is 0 Å². The molecule has 0 unspecified atom stereocenters. The van der Waals surface area contributed by atoms with Gasteiger partial charge in [-0.25, -0.2) is 0 Å². The van der Waals surface area contributed by atoms with Gasteiger partial charge in [-0.2, -0.15) is 0 Å². The second kappa shape index (κ2) is 2.61. The van der Waals surface area contributed by atoms with Gasteiger partial charge in [-0.1, -0.05) is 11.6 Å². The average molecular weight is 199 g/mol. The molecule has 0 aliphatic carbocycles. The summed E-state index contributed by atoms with van der Waals surface area (Å²) in [6, 6.07) is 3.77. The molecule has 62 valence electrons. The van der Waals surface area contributed by atoms with Gasteiger partial charge in [-0.3, -0.25) is 0 Å². The molecule has 0 aliphatic rings. The van der Waals surface area contributed by atoms with Crippen LogP contribution in [0, 0.1) is 11.7 Å². The number of hydrogen-bond donors (Lipinski definition) is 2. The standard InChI is InChI=1S/C8H7ClN2S/c1-4-5(9)2-3-6-7(4)11-8(12)10-6/h2-3H,1H3,(H2,10,11,12). The first kappa shape index (κ1) is 7.83. The normalized spacial score (nSPS) is 10.8. The van der Waals surface area contributed by atoms with Gasteiger partial charge in [-0.05, 0) is 36.8 Å². The van der Waals surface area contributed by atoms with E-state index >= 15 is 0 Å². The third-order valence-electron chi connectivity index (χ3n) is 1.89. The zero-order valence-corrected chi connectivity index (χ0v) is 8.01. The second-order valence-electron chi connectivity index (χ2n) is 2.67. The number of benzene rings is 1. The van der Waals surface area contributed by atoms with Gasteiger partial charge in [-0.15, -0.1) is 0 Å². The highest BCUT2D eigenvalue weighted by molar-refractivity contribution is 7.71. The van der Waals surface area contributed by atoms with Gasteiger partial charge in [0.05, 0.1) is 11.0 Å². The van der Waals surface area contributed by atoms with E-state index in [4.69, 9.17) is 23.8 Å². The molecule has 1 aromatic heterocycles. The quantitative estimate of drug-likeness (QED) is 0.626. The molecular formula is C8H7ClN2S. The molecule has 2 aromatic rings. The van der Waals surface area contributed by atoms with Crippen LogP contribution in [-0.2, 0) is 0 Å². The Morgan fingerprint density at radius 1 is 1.33 bits per heavy atom. The van der Waals surface area contributed by atoms with Crippen molar-refractivity contribution < 1.29 is 0 Å². The number of fused-ring (bicyclic) bond motifs is 1. The van der Waals surface area contributed by atoms with Crippen molar-refractivity contribution in [1.82, 2.24) is 9.97 Å². The van der Waals surface area contributed by atoms with Gasteiger partial charge in [0.2, 0.25) is 0 Å². The summed E-state index contributed by atoms with van der Waals surface area (Å²) in [7, 11) is 0. The fourth-order valence-electron chi connectivity index (χ4n) is 1.22. The molecule has 0 spiro atoms. The van der Waals surface area contributed by atoms with E-state index in [-0.39, 0.29) is 0 Å². The van der Waals surface area contributed by atoms with Crippen LogP contribution >= 0.6 is 23.8 Å². The molecule has 2 rings (SSSR count). The van der Waals surface area contributed by atoms with Crippen LogP contribution in [0.2, 0.25) is 5.02 Å². The minimum Gasteiger partial charge on any atom is -0.331 e. The van der Waals surface area contributed by atoms with E-state index in [0.29, 0.717) is 4.77 Å². The van der Waals surface area contributed by atoms with E-state index in [1.54, 1.807) is 0 Å². The zero-order chi connectivity index (χ0) is 8.72. The van der Waals surface area contributed by atoms with Crippen molar-refractivity contribution in [2.75, 3.05) is 0 Å². The fraction of sp³-hybridized carbons (Fsp3) is 0.125. The predicted octanol–water partition coefficient (Wildman–Crippen LogP) is 3.19. The molecule has 0 amide bonds. The molecular weight excluding hydrogens is 192 g/mol. The van der Waals surface area contributed by atoms with Gasteiger partial charge in [0.15, 0.2) is 4.77 Å². The summed E-state index contributed by atoms with van der Waals surface area (Å²) in [6.45, 7) is 1.96.